The van der Waals surface area contributed by atoms with Crippen molar-refractivity contribution in [2.24, 2.45) is 0 Å². The average molecular weight is 208 g/mol. The number of hydrogen-bond donors (Lipinski definition) is 0. The molecule has 1 aromatic rings. The molecule has 1 aliphatic rings. The van der Waals surface area contributed by atoms with Crippen LogP contribution in [-0.2, 0) is 9.47 Å². The van der Waals surface area contributed by atoms with E-state index in [0.717, 1.165) is 12.4 Å². The zero-order chi connectivity index (χ0) is 10.5. The number of para-hydroxylation sites is 1. The molecule has 0 amide bonds. The van der Waals surface area contributed by atoms with E-state index in [4.69, 9.17) is 14.2 Å². The Morgan fingerprint density at radius 2 is 2.13 bits per heavy atom. The van der Waals surface area contributed by atoms with Gasteiger partial charge in [0.15, 0.2) is 0 Å². The molecule has 0 radical (unpaired) electrons. The van der Waals surface area contributed by atoms with E-state index in [1.807, 2.05) is 37.3 Å². The summed E-state index contributed by atoms with van der Waals surface area (Å²) in [5.41, 5.74) is 0. The van der Waals surface area contributed by atoms with Gasteiger partial charge in [-0.25, -0.2) is 0 Å². The van der Waals surface area contributed by atoms with Crippen LogP contribution in [0.25, 0.3) is 0 Å². The molecule has 15 heavy (non-hydrogen) atoms. The Morgan fingerprint density at radius 3 is 2.80 bits per heavy atom. The Hall–Kier alpha value is -1.06. The zero-order valence-electron chi connectivity index (χ0n) is 8.89. The molecule has 0 aromatic heterocycles. The first-order valence-electron chi connectivity index (χ1n) is 5.25. The van der Waals surface area contributed by atoms with Gasteiger partial charge in [0.1, 0.15) is 18.5 Å². The van der Waals surface area contributed by atoms with Gasteiger partial charge in [-0.15, -0.1) is 0 Å². The lowest BCUT2D eigenvalue weighted by atomic mass is 10.3. The van der Waals surface area contributed by atoms with Crippen molar-refractivity contribution in [2.45, 2.75) is 19.1 Å². The highest BCUT2D eigenvalue weighted by Gasteiger charge is 2.23. The minimum atomic E-state index is 0.106. The summed E-state index contributed by atoms with van der Waals surface area (Å²) in [6.07, 6.45) is 0.429. The maximum absolute atomic E-state index is 5.55. The smallest absolute Gasteiger partial charge is 0.119 e. The molecule has 1 heterocycles. The van der Waals surface area contributed by atoms with Gasteiger partial charge in [-0.1, -0.05) is 18.2 Å². The third-order valence-electron chi connectivity index (χ3n) is 2.20. The summed E-state index contributed by atoms with van der Waals surface area (Å²) >= 11 is 0. The molecule has 1 saturated heterocycles. The van der Waals surface area contributed by atoms with Gasteiger partial charge in [0.2, 0.25) is 0 Å². The second-order valence-corrected chi connectivity index (χ2v) is 3.72. The first-order valence-corrected chi connectivity index (χ1v) is 5.25. The number of epoxide rings is 1. The molecule has 82 valence electrons. The van der Waals surface area contributed by atoms with Crippen LogP contribution in [-0.4, -0.2) is 32.0 Å². The maximum atomic E-state index is 5.55. The molecule has 2 atom stereocenters. The predicted octanol–water partition coefficient (Wildman–Crippen LogP) is 1.87. The van der Waals surface area contributed by atoms with Crippen LogP contribution in [0.3, 0.4) is 0 Å². The fourth-order valence-electron chi connectivity index (χ4n) is 1.21. The normalized spacial score (nSPS) is 21.0. The molecule has 0 bridgehead atoms. The molecule has 3 heteroatoms. The Morgan fingerprint density at radius 1 is 1.40 bits per heavy atom. The molecular weight excluding hydrogens is 192 g/mol. The molecule has 3 nitrogen and oxygen atoms in total. The van der Waals surface area contributed by atoms with Gasteiger partial charge in [-0.3, -0.25) is 0 Å². The molecule has 0 saturated carbocycles. The molecule has 1 fully saturated rings. The van der Waals surface area contributed by atoms with E-state index in [0.29, 0.717) is 19.3 Å². The van der Waals surface area contributed by atoms with Gasteiger partial charge in [-0.2, -0.15) is 0 Å². The molecule has 0 N–H and O–H groups in total. The van der Waals surface area contributed by atoms with Gasteiger partial charge >= 0.3 is 0 Å². The largest absolute Gasteiger partial charge is 0.491 e. The van der Waals surface area contributed by atoms with E-state index in [2.05, 4.69) is 0 Å². The Balaban J connectivity index is 1.63. The summed E-state index contributed by atoms with van der Waals surface area (Å²) in [4.78, 5) is 0. The average Bonchev–Trinajstić information content (AvgIpc) is 3.09. The van der Waals surface area contributed by atoms with Gasteiger partial charge < -0.3 is 14.2 Å². The van der Waals surface area contributed by atoms with Crippen molar-refractivity contribution in [1.29, 1.82) is 0 Å². The molecule has 0 aliphatic carbocycles. The highest BCUT2D eigenvalue weighted by molar-refractivity contribution is 5.20. The number of hydrogen-bond acceptors (Lipinski definition) is 3. The lowest BCUT2D eigenvalue weighted by molar-refractivity contribution is 0.0241. The lowest BCUT2D eigenvalue weighted by Crippen LogP contribution is -2.20. The van der Waals surface area contributed by atoms with Crippen LogP contribution in [0.1, 0.15) is 6.92 Å². The van der Waals surface area contributed by atoms with Crippen LogP contribution in [0, 0.1) is 0 Å². The van der Waals surface area contributed by atoms with Gasteiger partial charge in [-0.05, 0) is 19.1 Å². The number of benzene rings is 1. The third kappa shape index (κ3) is 3.90. The molecular formula is C12H16O3. The Bertz CT molecular complexity index is 282. The van der Waals surface area contributed by atoms with Crippen LogP contribution in [0.15, 0.2) is 30.3 Å². The van der Waals surface area contributed by atoms with Crippen molar-refractivity contribution in [3.63, 3.8) is 0 Å². The van der Waals surface area contributed by atoms with Crippen molar-refractivity contribution in [3.8, 4) is 5.75 Å². The second-order valence-electron chi connectivity index (χ2n) is 3.72. The highest BCUT2D eigenvalue weighted by Crippen LogP contribution is 2.11. The molecule has 1 aromatic carbocycles. The van der Waals surface area contributed by atoms with Crippen LogP contribution in [0.4, 0.5) is 0 Å². The zero-order valence-corrected chi connectivity index (χ0v) is 8.89. The minimum absolute atomic E-state index is 0.106. The predicted molar refractivity (Wildman–Crippen MR) is 57.1 cm³/mol. The fourth-order valence-corrected chi connectivity index (χ4v) is 1.21. The van der Waals surface area contributed by atoms with Crippen molar-refractivity contribution in [2.75, 3.05) is 19.8 Å². The van der Waals surface area contributed by atoms with Crippen molar-refractivity contribution in [3.05, 3.63) is 30.3 Å². The third-order valence-corrected chi connectivity index (χ3v) is 2.20. The van der Waals surface area contributed by atoms with E-state index in [1.165, 1.54) is 0 Å². The highest BCUT2D eigenvalue weighted by atomic mass is 16.6. The summed E-state index contributed by atoms with van der Waals surface area (Å²) in [6.45, 7) is 4.10. The molecule has 2 unspecified atom stereocenters. The quantitative estimate of drug-likeness (QED) is 0.669. The van der Waals surface area contributed by atoms with Gasteiger partial charge in [0, 0.05) is 0 Å². The summed E-state index contributed by atoms with van der Waals surface area (Å²) in [7, 11) is 0. The molecule has 1 aliphatic heterocycles. The van der Waals surface area contributed by atoms with E-state index in [-0.39, 0.29) is 6.10 Å². The molecule has 2 rings (SSSR count). The van der Waals surface area contributed by atoms with Gasteiger partial charge in [0.25, 0.3) is 0 Å². The molecule has 0 spiro atoms. The fraction of sp³-hybridized carbons (Fsp3) is 0.500. The Kier molecular flexibility index (Phi) is 3.59. The topological polar surface area (TPSA) is 31.0 Å². The summed E-state index contributed by atoms with van der Waals surface area (Å²) < 4.78 is 16.1. The van der Waals surface area contributed by atoms with E-state index < -0.39 is 0 Å². The first kappa shape index (κ1) is 10.5. The number of ether oxygens (including phenoxy) is 3. The van der Waals surface area contributed by atoms with E-state index in [1.54, 1.807) is 0 Å². The van der Waals surface area contributed by atoms with Crippen LogP contribution < -0.4 is 4.74 Å². The second kappa shape index (κ2) is 5.14. The van der Waals surface area contributed by atoms with Crippen molar-refractivity contribution < 1.29 is 14.2 Å². The van der Waals surface area contributed by atoms with Gasteiger partial charge in [0.05, 0.1) is 19.3 Å². The lowest BCUT2D eigenvalue weighted by Gasteiger charge is -2.13. The van der Waals surface area contributed by atoms with E-state index in [9.17, 15) is 0 Å². The summed E-state index contributed by atoms with van der Waals surface area (Å²) in [5.74, 6) is 0.885. The van der Waals surface area contributed by atoms with Crippen molar-refractivity contribution in [1.82, 2.24) is 0 Å². The minimum Gasteiger partial charge on any atom is -0.491 e. The SMILES string of the molecule is CC(COc1ccccc1)OCC1CO1. The van der Waals surface area contributed by atoms with Crippen molar-refractivity contribution >= 4 is 0 Å². The summed E-state index contributed by atoms with van der Waals surface area (Å²) in [6, 6.07) is 9.77. The van der Waals surface area contributed by atoms with Crippen LogP contribution in [0.2, 0.25) is 0 Å². The first-order chi connectivity index (χ1) is 7.34. The Labute approximate surface area is 90.0 Å². The van der Waals surface area contributed by atoms with Crippen LogP contribution >= 0.6 is 0 Å². The van der Waals surface area contributed by atoms with E-state index >= 15 is 0 Å². The monoisotopic (exact) mass is 208 g/mol. The summed E-state index contributed by atoms with van der Waals surface area (Å²) in [5, 5.41) is 0. The van der Waals surface area contributed by atoms with Crippen LogP contribution in [0.5, 0.6) is 5.75 Å². The maximum Gasteiger partial charge on any atom is 0.119 e. The number of rotatable bonds is 6. The standard InChI is InChI=1S/C12H16O3/c1-10(13-8-12-9-15-12)7-14-11-5-3-2-4-6-11/h2-6,10,12H,7-9H2,1H3.